The van der Waals surface area contributed by atoms with Crippen molar-refractivity contribution in [3.63, 3.8) is 0 Å². The minimum atomic E-state index is -1.18. The molecule has 6 rings (SSSR count). The third-order valence-corrected chi connectivity index (χ3v) is 10.1. The summed E-state index contributed by atoms with van der Waals surface area (Å²) in [5.74, 6) is -0.379. The molecule has 0 aliphatic carbocycles. The minimum Gasteiger partial charge on any atom is -0.488 e. The summed E-state index contributed by atoms with van der Waals surface area (Å²) in [6.07, 6.45) is 5.80. The van der Waals surface area contributed by atoms with Gasteiger partial charge in [0.1, 0.15) is 36.8 Å². The second-order valence-corrected chi connectivity index (χ2v) is 13.7. The van der Waals surface area contributed by atoms with Gasteiger partial charge in [0.15, 0.2) is 0 Å². The van der Waals surface area contributed by atoms with Crippen LogP contribution in [0.5, 0.6) is 11.5 Å². The maximum Gasteiger partial charge on any atom is 0.323 e. The van der Waals surface area contributed by atoms with Crippen LogP contribution in [0.2, 0.25) is 5.02 Å². The molecule has 1 fully saturated rings. The Morgan fingerprint density at radius 3 is 2.63 bits per heavy atom. The summed E-state index contributed by atoms with van der Waals surface area (Å²) >= 11 is 6.72. The smallest absolute Gasteiger partial charge is 0.323 e. The largest absolute Gasteiger partial charge is 0.488 e. The molecule has 52 heavy (non-hydrogen) atoms. The molecular weight excluding hydrogens is 682 g/mol. The zero-order chi connectivity index (χ0) is 36.6. The number of hydrogen-bond donors (Lipinski definition) is 4. The van der Waals surface area contributed by atoms with E-state index in [4.69, 9.17) is 21.1 Å². The summed E-state index contributed by atoms with van der Waals surface area (Å²) in [7, 11) is 0. The normalized spacial score (nSPS) is 16.1. The Labute approximate surface area is 309 Å². The predicted octanol–water partition coefficient (Wildman–Crippen LogP) is 5.09. The Bertz CT molecular complexity index is 1930. The topological polar surface area (TPSA) is 151 Å². The van der Waals surface area contributed by atoms with E-state index < -0.39 is 18.6 Å². The van der Waals surface area contributed by atoms with Crippen LogP contribution in [-0.4, -0.2) is 82.6 Å². The van der Waals surface area contributed by atoms with Crippen molar-refractivity contribution < 1.29 is 29.6 Å². The number of nitriles is 1. The van der Waals surface area contributed by atoms with Crippen molar-refractivity contribution >= 4 is 23.3 Å². The van der Waals surface area contributed by atoms with Crippen LogP contribution in [0.25, 0.3) is 11.1 Å². The number of likely N-dealkylation sites (tertiary alicyclic amines) is 1. The maximum absolute atomic E-state index is 11.5. The Kier molecular flexibility index (Phi) is 12.3. The number of nitrogens with one attached hydrogen (secondary N) is 1. The lowest BCUT2D eigenvalue weighted by atomic mass is 9.92. The lowest BCUT2D eigenvalue weighted by molar-refractivity contribution is -0.140. The minimum absolute atomic E-state index is 0.0614. The summed E-state index contributed by atoms with van der Waals surface area (Å²) in [5.41, 5.74) is 8.81. The number of anilines is 1. The summed E-state index contributed by atoms with van der Waals surface area (Å²) in [6, 6.07) is 18.7. The molecule has 12 heteroatoms. The SMILES string of the molecule is Cc1c(COc2cc(OCc3cncc(C#N)c3)c(CN[C@@H](CO)C(=O)O)cc2Cl)cccc1-c1cccc2c1CCN2CCCN1CCC(O)C1. The Hall–Kier alpha value is -4.70. The number of carboxylic acids is 1. The molecule has 4 aromatic rings. The average molecular weight is 726 g/mol. The molecule has 0 saturated carbocycles. The van der Waals surface area contributed by atoms with Gasteiger partial charge >= 0.3 is 5.97 Å². The second kappa shape index (κ2) is 17.2. The van der Waals surface area contributed by atoms with Gasteiger partial charge < -0.3 is 34.6 Å². The van der Waals surface area contributed by atoms with Crippen molar-refractivity contribution in [2.45, 2.75) is 58.1 Å². The molecule has 0 spiro atoms. The number of fused-ring (bicyclic) bond motifs is 1. The van der Waals surface area contributed by atoms with Crippen LogP contribution in [0.4, 0.5) is 5.69 Å². The van der Waals surface area contributed by atoms with Crippen molar-refractivity contribution in [1.29, 1.82) is 5.26 Å². The summed E-state index contributed by atoms with van der Waals surface area (Å²) in [5, 5.41) is 41.2. The first-order chi connectivity index (χ1) is 25.2. The quantitative estimate of drug-likeness (QED) is 0.122. The van der Waals surface area contributed by atoms with E-state index in [0.29, 0.717) is 33.2 Å². The summed E-state index contributed by atoms with van der Waals surface area (Å²) < 4.78 is 12.5. The van der Waals surface area contributed by atoms with Crippen LogP contribution < -0.4 is 19.7 Å². The van der Waals surface area contributed by atoms with Gasteiger partial charge in [0.05, 0.1) is 23.3 Å². The molecule has 1 saturated heterocycles. The fourth-order valence-corrected chi connectivity index (χ4v) is 7.22. The van der Waals surface area contributed by atoms with E-state index in [0.717, 1.165) is 68.7 Å². The lowest BCUT2D eigenvalue weighted by Crippen LogP contribution is -2.39. The number of carbonyl (C=O) groups is 1. The molecule has 1 aromatic heterocycles. The zero-order valence-electron chi connectivity index (χ0n) is 29.2. The highest BCUT2D eigenvalue weighted by Gasteiger charge is 2.25. The molecule has 2 aliphatic heterocycles. The number of β-amino-alcohol motifs (C(OH)–C–C–N with tert-alkyl or cyclic N) is 1. The summed E-state index contributed by atoms with van der Waals surface area (Å²) in [6.45, 7) is 6.67. The number of nitrogens with zero attached hydrogens (tertiary/aromatic N) is 4. The van der Waals surface area contributed by atoms with Gasteiger partial charge in [-0.3, -0.25) is 15.1 Å². The Morgan fingerprint density at radius 2 is 1.87 bits per heavy atom. The van der Waals surface area contributed by atoms with Gasteiger partial charge in [-0.1, -0.05) is 41.9 Å². The van der Waals surface area contributed by atoms with Crippen LogP contribution in [-0.2, 0) is 31.0 Å². The molecule has 4 N–H and O–H groups in total. The molecule has 11 nitrogen and oxygen atoms in total. The highest BCUT2D eigenvalue weighted by Crippen LogP contribution is 2.39. The van der Waals surface area contributed by atoms with Gasteiger partial charge in [0.2, 0.25) is 0 Å². The number of aliphatic hydroxyl groups is 2. The predicted molar refractivity (Wildman–Crippen MR) is 199 cm³/mol. The molecule has 3 aromatic carbocycles. The van der Waals surface area contributed by atoms with Crippen molar-refractivity contribution in [3.8, 4) is 28.7 Å². The van der Waals surface area contributed by atoms with E-state index in [2.05, 4.69) is 57.4 Å². The van der Waals surface area contributed by atoms with E-state index in [1.807, 2.05) is 12.1 Å². The molecule has 0 amide bonds. The molecule has 1 unspecified atom stereocenters. The highest BCUT2D eigenvalue weighted by molar-refractivity contribution is 6.32. The number of aromatic nitrogens is 1. The van der Waals surface area contributed by atoms with Gasteiger partial charge in [-0.15, -0.1) is 0 Å². The van der Waals surface area contributed by atoms with Crippen molar-refractivity contribution in [1.82, 2.24) is 15.2 Å². The fourth-order valence-electron chi connectivity index (χ4n) is 6.98. The van der Waals surface area contributed by atoms with Crippen LogP contribution in [0.15, 0.2) is 67.0 Å². The number of pyridine rings is 1. The number of rotatable bonds is 16. The Balaban J connectivity index is 1.18. The van der Waals surface area contributed by atoms with E-state index in [9.17, 15) is 25.4 Å². The molecule has 272 valence electrons. The van der Waals surface area contributed by atoms with E-state index in [-0.39, 0.29) is 25.9 Å². The van der Waals surface area contributed by atoms with Gasteiger partial charge in [-0.25, -0.2) is 0 Å². The van der Waals surface area contributed by atoms with Gasteiger partial charge in [-0.2, -0.15) is 5.26 Å². The number of hydrogen-bond acceptors (Lipinski definition) is 10. The standard InChI is InChI=1S/C40H44ClN5O6/c1-26-29(5-2-6-32(26)33-7-3-8-37-34(33)10-14-46(37)12-4-11-45-13-9-31(48)22-45)25-52-39-17-38(51-24-28-15-27(18-42)19-43-20-28)30(16-35(39)41)21-44-36(23-47)40(49)50/h2-3,5-8,15-17,19-20,31,36,44,47-48H,4,9-14,21-25H2,1H3,(H,49,50)/t31?,36-/m0/s1. The third-order valence-electron chi connectivity index (χ3n) is 9.85. The number of ether oxygens (including phenoxy) is 2. The third kappa shape index (κ3) is 8.84. The summed E-state index contributed by atoms with van der Waals surface area (Å²) in [4.78, 5) is 20.4. The molecule has 0 radical (unpaired) electrons. The van der Waals surface area contributed by atoms with Crippen molar-refractivity contribution in [3.05, 3.63) is 105 Å². The molecule has 0 bridgehead atoms. The monoisotopic (exact) mass is 725 g/mol. The van der Waals surface area contributed by atoms with E-state index in [1.54, 1.807) is 24.4 Å². The van der Waals surface area contributed by atoms with Gasteiger partial charge in [0.25, 0.3) is 0 Å². The molecule has 3 heterocycles. The number of carboxylic acid groups (broad SMARTS) is 1. The van der Waals surface area contributed by atoms with Crippen LogP contribution in [0.1, 0.15) is 46.2 Å². The fraction of sp³-hybridized carbons (Fsp3) is 0.375. The second-order valence-electron chi connectivity index (χ2n) is 13.3. The van der Waals surface area contributed by atoms with Crippen molar-refractivity contribution in [2.75, 3.05) is 44.2 Å². The van der Waals surface area contributed by atoms with Gasteiger partial charge in [0, 0.05) is 68.0 Å². The first-order valence-electron chi connectivity index (χ1n) is 17.6. The number of aliphatic hydroxyl groups excluding tert-OH is 2. The van der Waals surface area contributed by atoms with Crippen LogP contribution in [0, 0.1) is 18.3 Å². The molecule has 2 aliphatic rings. The first-order valence-corrected chi connectivity index (χ1v) is 18.0. The maximum atomic E-state index is 11.5. The Morgan fingerprint density at radius 1 is 1.06 bits per heavy atom. The lowest BCUT2D eigenvalue weighted by Gasteiger charge is -2.22. The number of benzene rings is 3. The zero-order valence-corrected chi connectivity index (χ0v) is 30.0. The van der Waals surface area contributed by atoms with E-state index in [1.165, 1.54) is 23.0 Å². The van der Waals surface area contributed by atoms with Gasteiger partial charge in [-0.05, 0) is 78.7 Å². The first kappa shape index (κ1) is 37.1. The van der Waals surface area contributed by atoms with Crippen molar-refractivity contribution in [2.24, 2.45) is 0 Å². The van der Waals surface area contributed by atoms with E-state index >= 15 is 0 Å². The highest BCUT2D eigenvalue weighted by atomic mass is 35.5. The van der Waals surface area contributed by atoms with Crippen LogP contribution >= 0.6 is 11.6 Å². The average Bonchev–Trinajstić information content (AvgIpc) is 3.77. The molecule has 2 atom stereocenters. The number of aliphatic carboxylic acids is 1. The number of halogens is 1. The molecular formula is C40H44ClN5O6. The van der Waals surface area contributed by atoms with Crippen LogP contribution in [0.3, 0.4) is 0 Å².